The molecule has 25 heavy (non-hydrogen) atoms. The molecule has 0 saturated heterocycles. The average Bonchev–Trinajstić information content (AvgIpc) is 2.59. The van der Waals surface area contributed by atoms with Crippen molar-refractivity contribution >= 4 is 8.32 Å². The summed E-state index contributed by atoms with van der Waals surface area (Å²) >= 11 is 0. The molecule has 1 N–H and O–H groups in total. The van der Waals surface area contributed by atoms with Gasteiger partial charge >= 0.3 is 0 Å². The molecule has 1 unspecified atom stereocenters. The largest absolute Gasteiger partial charge is 0.412 e. The number of benzene rings is 2. The Morgan fingerprint density at radius 3 is 1.96 bits per heavy atom. The standard InChI is InChI=1S/C22H28O2Si/c1-21(2,3)25(4,5)24-18-22(23,20-14-10-7-11-15-20)17-16-19-12-8-6-9-13-19/h6-15,23H,18H2,1-5H3. The van der Waals surface area contributed by atoms with E-state index in [0.29, 0.717) is 0 Å². The van der Waals surface area contributed by atoms with Crippen LogP contribution < -0.4 is 0 Å². The fraction of sp³-hybridized carbons (Fsp3) is 0.364. The van der Waals surface area contributed by atoms with E-state index < -0.39 is 13.9 Å². The molecule has 0 saturated carbocycles. The molecule has 132 valence electrons. The van der Waals surface area contributed by atoms with Gasteiger partial charge < -0.3 is 9.53 Å². The Balaban J connectivity index is 2.33. The monoisotopic (exact) mass is 352 g/mol. The van der Waals surface area contributed by atoms with Gasteiger partial charge in [-0.2, -0.15) is 0 Å². The lowest BCUT2D eigenvalue weighted by Gasteiger charge is -2.38. The third kappa shape index (κ3) is 5.06. The lowest BCUT2D eigenvalue weighted by Crippen LogP contribution is -2.45. The molecule has 0 heterocycles. The van der Waals surface area contributed by atoms with Gasteiger partial charge in [-0.25, -0.2) is 0 Å². The van der Waals surface area contributed by atoms with E-state index in [1.165, 1.54) is 0 Å². The zero-order chi connectivity index (χ0) is 18.6. The van der Waals surface area contributed by atoms with Crippen LogP contribution in [0.3, 0.4) is 0 Å². The minimum absolute atomic E-state index is 0.0808. The molecule has 2 aromatic carbocycles. The van der Waals surface area contributed by atoms with Crippen LogP contribution in [0, 0.1) is 11.8 Å². The number of aliphatic hydroxyl groups is 1. The summed E-state index contributed by atoms with van der Waals surface area (Å²) in [4.78, 5) is 0. The SMILES string of the molecule is CC(C)(C)[Si](C)(C)OCC(O)(C#Cc1ccccc1)c1ccccc1. The Kier molecular flexibility index (Phi) is 5.90. The summed E-state index contributed by atoms with van der Waals surface area (Å²) < 4.78 is 6.29. The normalized spacial score (nSPS) is 14.3. The van der Waals surface area contributed by atoms with Gasteiger partial charge in [-0.15, -0.1) is 0 Å². The van der Waals surface area contributed by atoms with Crippen molar-refractivity contribution in [1.82, 2.24) is 0 Å². The number of hydrogen-bond acceptors (Lipinski definition) is 2. The fourth-order valence-corrected chi connectivity index (χ4v) is 3.11. The first kappa shape index (κ1) is 19.5. The maximum atomic E-state index is 11.3. The molecule has 0 spiro atoms. The van der Waals surface area contributed by atoms with Crippen LogP contribution in [0.15, 0.2) is 60.7 Å². The molecule has 0 aliphatic rings. The summed E-state index contributed by atoms with van der Waals surface area (Å²) in [5, 5.41) is 11.4. The van der Waals surface area contributed by atoms with Gasteiger partial charge in [-0.05, 0) is 35.8 Å². The molecule has 2 rings (SSSR count). The second-order valence-electron chi connectivity index (χ2n) is 7.89. The molecule has 2 aromatic rings. The van der Waals surface area contributed by atoms with Crippen molar-refractivity contribution in [1.29, 1.82) is 0 Å². The number of rotatable bonds is 4. The summed E-state index contributed by atoms with van der Waals surface area (Å²) in [5.74, 6) is 6.15. The molecular formula is C22H28O2Si. The summed E-state index contributed by atoms with van der Waals surface area (Å²) in [5.41, 5.74) is 0.313. The van der Waals surface area contributed by atoms with E-state index >= 15 is 0 Å². The van der Waals surface area contributed by atoms with Gasteiger partial charge in [0.25, 0.3) is 0 Å². The summed E-state index contributed by atoms with van der Waals surface area (Å²) in [6.07, 6.45) is 0. The second-order valence-corrected chi connectivity index (χ2v) is 12.7. The minimum atomic E-state index is -1.98. The van der Waals surface area contributed by atoms with Gasteiger partial charge in [-0.3, -0.25) is 0 Å². The maximum absolute atomic E-state index is 11.3. The van der Waals surface area contributed by atoms with Crippen LogP contribution in [0.25, 0.3) is 0 Å². The highest BCUT2D eigenvalue weighted by atomic mass is 28.4. The van der Waals surface area contributed by atoms with E-state index in [2.05, 4.69) is 45.7 Å². The predicted molar refractivity (Wildman–Crippen MR) is 107 cm³/mol. The summed E-state index contributed by atoms with van der Waals surface area (Å²) in [6.45, 7) is 11.1. The molecule has 0 amide bonds. The van der Waals surface area contributed by atoms with Crippen LogP contribution in [0.4, 0.5) is 0 Å². The quantitative estimate of drug-likeness (QED) is 0.623. The molecule has 0 aliphatic carbocycles. The third-order valence-corrected chi connectivity index (χ3v) is 9.37. The van der Waals surface area contributed by atoms with Crippen molar-refractivity contribution < 1.29 is 9.53 Å². The van der Waals surface area contributed by atoms with Gasteiger partial charge in [0.15, 0.2) is 13.9 Å². The Morgan fingerprint density at radius 2 is 1.44 bits per heavy atom. The first-order chi connectivity index (χ1) is 11.6. The smallest absolute Gasteiger partial charge is 0.192 e. The van der Waals surface area contributed by atoms with E-state index in [1.54, 1.807) is 0 Å². The molecule has 0 aromatic heterocycles. The predicted octanol–water partition coefficient (Wildman–Crippen LogP) is 4.95. The van der Waals surface area contributed by atoms with Crippen molar-refractivity contribution in [2.45, 2.75) is 44.5 Å². The van der Waals surface area contributed by atoms with Crippen LogP contribution >= 0.6 is 0 Å². The molecule has 0 aliphatic heterocycles. The fourth-order valence-electron chi connectivity index (χ4n) is 2.10. The van der Waals surface area contributed by atoms with Crippen molar-refractivity contribution in [2.75, 3.05) is 6.61 Å². The van der Waals surface area contributed by atoms with Crippen LogP contribution in [0.1, 0.15) is 31.9 Å². The summed E-state index contributed by atoms with van der Waals surface area (Å²) in [6, 6.07) is 19.3. The maximum Gasteiger partial charge on any atom is 0.192 e. The highest BCUT2D eigenvalue weighted by Crippen LogP contribution is 2.37. The van der Waals surface area contributed by atoms with E-state index in [0.717, 1.165) is 11.1 Å². The molecule has 0 radical (unpaired) electrons. The average molecular weight is 353 g/mol. The van der Waals surface area contributed by atoms with Crippen molar-refractivity contribution in [2.24, 2.45) is 0 Å². The van der Waals surface area contributed by atoms with Crippen LogP contribution in [-0.4, -0.2) is 20.0 Å². The van der Waals surface area contributed by atoms with E-state index in [1.807, 2.05) is 60.7 Å². The van der Waals surface area contributed by atoms with Gasteiger partial charge in [0, 0.05) is 5.56 Å². The highest BCUT2D eigenvalue weighted by molar-refractivity contribution is 6.74. The van der Waals surface area contributed by atoms with Crippen molar-refractivity contribution in [3.8, 4) is 11.8 Å². The molecule has 0 bridgehead atoms. The van der Waals surface area contributed by atoms with Crippen molar-refractivity contribution in [3.05, 3.63) is 71.8 Å². The van der Waals surface area contributed by atoms with E-state index in [9.17, 15) is 5.11 Å². The summed E-state index contributed by atoms with van der Waals surface area (Å²) in [7, 11) is -1.98. The minimum Gasteiger partial charge on any atom is -0.412 e. The van der Waals surface area contributed by atoms with Crippen LogP contribution in [-0.2, 0) is 10.0 Å². The van der Waals surface area contributed by atoms with E-state index in [-0.39, 0.29) is 11.6 Å². The van der Waals surface area contributed by atoms with E-state index in [4.69, 9.17) is 4.43 Å². The molecule has 3 heteroatoms. The first-order valence-electron chi connectivity index (χ1n) is 8.64. The third-order valence-electron chi connectivity index (χ3n) is 4.89. The first-order valence-corrected chi connectivity index (χ1v) is 11.5. The zero-order valence-electron chi connectivity index (χ0n) is 15.8. The Bertz CT molecular complexity index is 736. The van der Waals surface area contributed by atoms with Crippen molar-refractivity contribution in [3.63, 3.8) is 0 Å². The lowest BCUT2D eigenvalue weighted by atomic mass is 9.95. The topological polar surface area (TPSA) is 29.5 Å². The molecule has 0 fully saturated rings. The Hall–Kier alpha value is -1.86. The Labute approximate surface area is 153 Å². The zero-order valence-corrected chi connectivity index (χ0v) is 16.8. The lowest BCUT2D eigenvalue weighted by molar-refractivity contribution is 0.0379. The molecular weight excluding hydrogens is 324 g/mol. The number of hydrogen-bond donors (Lipinski definition) is 1. The molecule has 2 nitrogen and oxygen atoms in total. The van der Waals surface area contributed by atoms with Gasteiger partial charge in [0.05, 0.1) is 6.61 Å². The van der Waals surface area contributed by atoms with Crippen LogP contribution in [0.5, 0.6) is 0 Å². The van der Waals surface area contributed by atoms with Crippen LogP contribution in [0.2, 0.25) is 18.1 Å². The van der Waals surface area contributed by atoms with Gasteiger partial charge in [-0.1, -0.05) is 81.1 Å². The molecule has 1 atom stereocenters. The second kappa shape index (κ2) is 7.57. The Morgan fingerprint density at radius 1 is 0.920 bits per heavy atom. The van der Waals surface area contributed by atoms with Gasteiger partial charge in [0.1, 0.15) is 0 Å². The van der Waals surface area contributed by atoms with Gasteiger partial charge in [0.2, 0.25) is 0 Å². The highest BCUT2D eigenvalue weighted by Gasteiger charge is 2.40.